The molecule has 138 valence electrons. The number of aromatic nitrogens is 2. The van der Waals surface area contributed by atoms with Gasteiger partial charge in [-0.2, -0.15) is 4.98 Å². The van der Waals surface area contributed by atoms with E-state index in [-0.39, 0.29) is 5.95 Å². The van der Waals surface area contributed by atoms with Crippen molar-refractivity contribution in [2.75, 3.05) is 17.2 Å². The minimum Gasteiger partial charge on any atom is -0.457 e. The van der Waals surface area contributed by atoms with Crippen LogP contribution in [0.4, 0.5) is 17.5 Å². The largest absolute Gasteiger partial charge is 0.457 e. The third-order valence-electron chi connectivity index (χ3n) is 4.26. The van der Waals surface area contributed by atoms with Crippen molar-refractivity contribution in [1.29, 1.82) is 0 Å². The third kappa shape index (κ3) is 3.57. The van der Waals surface area contributed by atoms with Crippen molar-refractivity contribution in [3.8, 4) is 33.9 Å². The fraction of sp³-hybridized carbons (Fsp3) is 0. The van der Waals surface area contributed by atoms with Gasteiger partial charge >= 0.3 is 0 Å². The van der Waals surface area contributed by atoms with Crippen molar-refractivity contribution >= 4 is 17.5 Å². The number of nitrogens with two attached hydrogens (primary N) is 3. The zero-order chi connectivity index (χ0) is 19.5. The summed E-state index contributed by atoms with van der Waals surface area (Å²) >= 11 is 0. The minimum atomic E-state index is 0.142. The fourth-order valence-corrected chi connectivity index (χ4v) is 2.95. The van der Waals surface area contributed by atoms with Crippen LogP contribution >= 0.6 is 0 Å². The maximum absolute atomic E-state index is 6.19. The molecule has 1 heterocycles. The lowest BCUT2D eigenvalue weighted by Gasteiger charge is -2.13. The normalized spacial score (nSPS) is 10.6. The van der Waals surface area contributed by atoms with Crippen molar-refractivity contribution in [2.24, 2.45) is 0 Å². The predicted octanol–water partition coefficient (Wildman–Crippen LogP) is 4.35. The Morgan fingerprint density at radius 1 is 0.607 bits per heavy atom. The molecule has 0 aliphatic rings. The first kappa shape index (κ1) is 17.4. The highest BCUT2D eigenvalue weighted by molar-refractivity contribution is 5.88. The van der Waals surface area contributed by atoms with E-state index < -0.39 is 0 Å². The summed E-state index contributed by atoms with van der Waals surface area (Å²) in [5.74, 6) is 1.88. The van der Waals surface area contributed by atoms with Gasteiger partial charge in [0.1, 0.15) is 17.3 Å². The zero-order valence-electron chi connectivity index (χ0n) is 15.0. The van der Waals surface area contributed by atoms with Crippen LogP contribution in [0.3, 0.4) is 0 Å². The zero-order valence-corrected chi connectivity index (χ0v) is 15.0. The van der Waals surface area contributed by atoms with Crippen LogP contribution in [-0.2, 0) is 0 Å². The summed E-state index contributed by atoms with van der Waals surface area (Å²) in [4.78, 5) is 8.56. The molecule has 0 unspecified atom stereocenters. The van der Waals surface area contributed by atoms with Gasteiger partial charge in [0.2, 0.25) is 5.95 Å². The van der Waals surface area contributed by atoms with E-state index in [0.717, 1.165) is 16.7 Å². The van der Waals surface area contributed by atoms with Gasteiger partial charge in [0.05, 0.1) is 11.3 Å². The Morgan fingerprint density at radius 2 is 1.21 bits per heavy atom. The molecular weight excluding hydrogens is 350 g/mol. The molecule has 0 atom stereocenters. The molecule has 28 heavy (non-hydrogen) atoms. The lowest BCUT2D eigenvalue weighted by Crippen LogP contribution is -2.04. The topological polar surface area (TPSA) is 113 Å². The van der Waals surface area contributed by atoms with Crippen LogP contribution in [-0.4, -0.2) is 9.97 Å². The Kier molecular flexibility index (Phi) is 4.51. The second-order valence-electron chi connectivity index (χ2n) is 6.25. The summed E-state index contributed by atoms with van der Waals surface area (Å²) < 4.78 is 5.85. The van der Waals surface area contributed by atoms with Crippen molar-refractivity contribution in [3.05, 3.63) is 78.9 Å². The number of anilines is 3. The quantitative estimate of drug-likeness (QED) is 0.461. The SMILES string of the molecule is Nc1ccc(Oc2ccc(-c3c(N)nc(N)nc3-c3ccccc3)cc2)cc1. The molecule has 0 amide bonds. The molecule has 0 aliphatic carbocycles. The van der Waals surface area contributed by atoms with Gasteiger partial charge in [-0.3, -0.25) is 0 Å². The first-order valence-corrected chi connectivity index (χ1v) is 8.72. The molecule has 4 rings (SSSR count). The molecule has 6 N–H and O–H groups in total. The van der Waals surface area contributed by atoms with Crippen LogP contribution < -0.4 is 21.9 Å². The Morgan fingerprint density at radius 3 is 1.86 bits per heavy atom. The van der Waals surface area contributed by atoms with E-state index in [9.17, 15) is 0 Å². The van der Waals surface area contributed by atoms with Crippen LogP contribution in [0.25, 0.3) is 22.4 Å². The number of hydrogen-bond donors (Lipinski definition) is 3. The van der Waals surface area contributed by atoms with Crippen molar-refractivity contribution in [2.45, 2.75) is 0 Å². The fourth-order valence-electron chi connectivity index (χ4n) is 2.95. The van der Waals surface area contributed by atoms with Crippen LogP contribution in [0.2, 0.25) is 0 Å². The lowest BCUT2D eigenvalue weighted by atomic mass is 9.99. The molecule has 1 aromatic heterocycles. The van der Waals surface area contributed by atoms with Gasteiger partial charge in [0.25, 0.3) is 0 Å². The molecule has 0 saturated heterocycles. The highest BCUT2D eigenvalue weighted by Crippen LogP contribution is 2.36. The standard InChI is InChI=1S/C22H19N5O/c23-16-8-12-18(13-9-16)28-17-10-6-14(7-11-17)19-20(15-4-2-1-3-5-15)26-22(25)27-21(19)24/h1-13H,23H2,(H4,24,25,26,27). The minimum absolute atomic E-state index is 0.142. The van der Waals surface area contributed by atoms with Gasteiger partial charge in [-0.1, -0.05) is 42.5 Å². The summed E-state index contributed by atoms with van der Waals surface area (Å²) in [6, 6.07) is 24.6. The van der Waals surface area contributed by atoms with Crippen LogP contribution in [0.5, 0.6) is 11.5 Å². The molecule has 0 spiro atoms. The second-order valence-corrected chi connectivity index (χ2v) is 6.25. The summed E-state index contributed by atoms with van der Waals surface area (Å²) in [6.07, 6.45) is 0. The van der Waals surface area contributed by atoms with E-state index in [0.29, 0.717) is 28.7 Å². The lowest BCUT2D eigenvalue weighted by molar-refractivity contribution is 0.483. The van der Waals surface area contributed by atoms with E-state index in [4.69, 9.17) is 21.9 Å². The number of ether oxygens (including phenoxy) is 1. The number of rotatable bonds is 4. The summed E-state index contributed by atoms with van der Waals surface area (Å²) in [7, 11) is 0. The Bertz CT molecular complexity index is 1090. The third-order valence-corrected chi connectivity index (χ3v) is 4.26. The van der Waals surface area contributed by atoms with E-state index in [1.807, 2.05) is 66.7 Å². The van der Waals surface area contributed by atoms with Gasteiger partial charge < -0.3 is 21.9 Å². The Balaban J connectivity index is 1.70. The average Bonchev–Trinajstić information content (AvgIpc) is 2.71. The predicted molar refractivity (Wildman–Crippen MR) is 113 cm³/mol. The number of benzene rings is 3. The van der Waals surface area contributed by atoms with Crippen LogP contribution in [0, 0.1) is 0 Å². The summed E-state index contributed by atoms with van der Waals surface area (Å²) in [5.41, 5.74) is 21.6. The van der Waals surface area contributed by atoms with Gasteiger partial charge in [-0.15, -0.1) is 0 Å². The molecule has 0 radical (unpaired) electrons. The van der Waals surface area contributed by atoms with Gasteiger partial charge in [0.15, 0.2) is 0 Å². The molecule has 0 bridgehead atoms. The summed E-state index contributed by atoms with van der Waals surface area (Å²) in [5, 5.41) is 0. The Labute approximate surface area is 162 Å². The molecular formula is C22H19N5O. The summed E-state index contributed by atoms with van der Waals surface area (Å²) in [6.45, 7) is 0. The molecule has 6 heteroatoms. The van der Waals surface area contributed by atoms with E-state index in [2.05, 4.69) is 9.97 Å². The number of nitrogen functional groups attached to an aromatic ring is 3. The maximum atomic E-state index is 6.19. The average molecular weight is 369 g/mol. The van der Waals surface area contributed by atoms with E-state index in [1.54, 1.807) is 12.1 Å². The highest BCUT2D eigenvalue weighted by Gasteiger charge is 2.15. The van der Waals surface area contributed by atoms with Crippen LogP contribution in [0.1, 0.15) is 0 Å². The molecule has 4 aromatic rings. The maximum Gasteiger partial charge on any atom is 0.222 e. The van der Waals surface area contributed by atoms with Crippen molar-refractivity contribution in [1.82, 2.24) is 9.97 Å². The molecule has 6 nitrogen and oxygen atoms in total. The number of nitrogens with zero attached hydrogens (tertiary/aromatic N) is 2. The van der Waals surface area contributed by atoms with Gasteiger partial charge in [-0.05, 0) is 42.0 Å². The molecule has 3 aromatic carbocycles. The van der Waals surface area contributed by atoms with Gasteiger partial charge in [-0.25, -0.2) is 4.98 Å². The van der Waals surface area contributed by atoms with Crippen LogP contribution in [0.15, 0.2) is 78.9 Å². The molecule has 0 saturated carbocycles. The second kappa shape index (κ2) is 7.28. The van der Waals surface area contributed by atoms with E-state index in [1.165, 1.54) is 0 Å². The molecule has 0 fully saturated rings. The monoisotopic (exact) mass is 369 g/mol. The first-order valence-electron chi connectivity index (χ1n) is 8.72. The van der Waals surface area contributed by atoms with Crippen molar-refractivity contribution in [3.63, 3.8) is 0 Å². The first-order chi connectivity index (χ1) is 13.6. The Hall–Kier alpha value is -4.06. The van der Waals surface area contributed by atoms with Crippen molar-refractivity contribution < 1.29 is 4.74 Å². The van der Waals surface area contributed by atoms with E-state index >= 15 is 0 Å². The highest BCUT2D eigenvalue weighted by atomic mass is 16.5. The smallest absolute Gasteiger partial charge is 0.222 e. The number of hydrogen-bond acceptors (Lipinski definition) is 6. The molecule has 0 aliphatic heterocycles. The van der Waals surface area contributed by atoms with Gasteiger partial charge in [0, 0.05) is 11.3 Å².